The number of hydrogen-bond acceptors (Lipinski definition) is 7. The Hall–Kier alpha value is -15.3. The Morgan fingerprint density at radius 3 is 0.912 bits per heavy atom. The predicted octanol–water partition coefficient (Wildman–Crippen LogP) is 27.7. The standard InChI is InChI=1S/2C36H24N2.C35H23N3/c1-3-10-25(11-4-1)28-18-19-35-33(22-28)32(23-36(38-35)26-12-5-2-6-13-26)29-16-9-15-27(20-29)31-21-30-14-7-8-17-34(30)37-24-31;1-3-9-25(10-4-1)30-20-22-35-32(23-30)31(24-36(38-35)27-11-5-2-6-12-27)26-15-17-29(18-16-26)34-21-19-28-13-7-8-14-33(28)37-34;1-3-9-24(10-4-1)26-15-18-34-31(20-26)30(21-35(38-34)25-11-5-2-6-12-25)28-16-17-33(36-22-28)29-19-27-13-7-8-14-32(27)37-23-29/h2*1-24H;1-23H. The lowest BCUT2D eigenvalue weighted by Gasteiger charge is -2.13. The number of hydrogen-bond donors (Lipinski definition) is 0. The largest absolute Gasteiger partial charge is 0.256 e. The van der Waals surface area contributed by atoms with Gasteiger partial charge in [0.05, 0.1) is 61.6 Å². The number of rotatable bonds is 12. The minimum Gasteiger partial charge on any atom is -0.256 e. The molecule has 0 atom stereocenters. The summed E-state index contributed by atoms with van der Waals surface area (Å²) in [5.41, 5.74) is 32.3. The van der Waals surface area contributed by atoms with E-state index in [1.807, 2.05) is 97.5 Å². The van der Waals surface area contributed by atoms with Crippen LogP contribution in [0.5, 0.6) is 0 Å². The van der Waals surface area contributed by atoms with Gasteiger partial charge in [0.25, 0.3) is 0 Å². The summed E-state index contributed by atoms with van der Waals surface area (Å²) in [7, 11) is 0. The number of fused-ring (bicyclic) bond motifs is 6. The maximum Gasteiger partial charge on any atom is 0.0718 e. The van der Waals surface area contributed by atoms with Crippen molar-refractivity contribution >= 4 is 65.4 Å². The van der Waals surface area contributed by atoms with E-state index in [0.717, 1.165) is 155 Å². The lowest BCUT2D eigenvalue weighted by molar-refractivity contribution is 1.30. The van der Waals surface area contributed by atoms with Crippen LogP contribution < -0.4 is 0 Å². The molecule has 0 unspecified atom stereocenters. The average Bonchev–Trinajstić information content (AvgIpc) is 0.776. The fourth-order valence-electron chi connectivity index (χ4n) is 15.2. The summed E-state index contributed by atoms with van der Waals surface area (Å²) >= 11 is 0. The first kappa shape index (κ1) is 69.2. The third-order valence-corrected chi connectivity index (χ3v) is 21.1. The Labute approximate surface area is 661 Å². The number of benzene rings is 14. The van der Waals surface area contributed by atoms with Crippen LogP contribution in [0.25, 0.3) is 200 Å². The van der Waals surface area contributed by atoms with E-state index in [4.69, 9.17) is 29.9 Å². The van der Waals surface area contributed by atoms with Crippen LogP contribution in [-0.2, 0) is 0 Å². The van der Waals surface area contributed by atoms with Crippen LogP contribution in [0.4, 0.5) is 0 Å². The Morgan fingerprint density at radius 1 is 0.132 bits per heavy atom. The van der Waals surface area contributed by atoms with Gasteiger partial charge < -0.3 is 0 Å². The molecule has 0 bridgehead atoms. The average molecular weight is 1450 g/mol. The third-order valence-electron chi connectivity index (χ3n) is 21.1. The molecule has 7 heteroatoms. The second-order valence-corrected chi connectivity index (χ2v) is 28.4. The number of pyridine rings is 7. The lowest BCUT2D eigenvalue weighted by atomic mass is 9.93. The fraction of sp³-hybridized carbons (Fsp3) is 0. The van der Waals surface area contributed by atoms with Crippen molar-refractivity contribution in [2.24, 2.45) is 0 Å². The monoisotopic (exact) mass is 1450 g/mol. The van der Waals surface area contributed by atoms with Crippen molar-refractivity contribution in [3.05, 3.63) is 431 Å². The molecule has 0 aliphatic carbocycles. The van der Waals surface area contributed by atoms with Gasteiger partial charge in [0.1, 0.15) is 0 Å². The summed E-state index contributed by atoms with van der Waals surface area (Å²) in [5.74, 6) is 0. The second-order valence-electron chi connectivity index (χ2n) is 28.4. The van der Waals surface area contributed by atoms with Gasteiger partial charge in [-0.05, 0) is 170 Å². The number of aromatic nitrogens is 7. The van der Waals surface area contributed by atoms with Crippen molar-refractivity contribution in [2.75, 3.05) is 0 Å². The van der Waals surface area contributed by atoms with Gasteiger partial charge >= 0.3 is 0 Å². The van der Waals surface area contributed by atoms with Crippen LogP contribution >= 0.6 is 0 Å². The van der Waals surface area contributed by atoms with E-state index in [0.29, 0.717) is 0 Å². The van der Waals surface area contributed by atoms with E-state index in [1.54, 1.807) is 0 Å². The predicted molar refractivity (Wildman–Crippen MR) is 474 cm³/mol. The Bertz CT molecular complexity index is 6760. The molecule has 7 nitrogen and oxygen atoms in total. The summed E-state index contributed by atoms with van der Waals surface area (Å²) in [6, 6.07) is 144. The smallest absolute Gasteiger partial charge is 0.0718 e. The minimum atomic E-state index is 0.902. The first-order chi connectivity index (χ1) is 56.4. The topological polar surface area (TPSA) is 90.2 Å². The first-order valence-electron chi connectivity index (χ1n) is 38.4. The minimum absolute atomic E-state index is 0.902. The molecule has 0 aliphatic rings. The molecule has 114 heavy (non-hydrogen) atoms. The van der Waals surface area contributed by atoms with Gasteiger partial charge in [-0.1, -0.05) is 309 Å². The second kappa shape index (κ2) is 31.3. The van der Waals surface area contributed by atoms with Crippen molar-refractivity contribution in [3.63, 3.8) is 0 Å². The summed E-state index contributed by atoms with van der Waals surface area (Å²) in [6.07, 6.45) is 5.82. The third kappa shape index (κ3) is 14.7. The van der Waals surface area contributed by atoms with Crippen molar-refractivity contribution in [1.82, 2.24) is 34.9 Å². The van der Waals surface area contributed by atoms with Gasteiger partial charge in [0, 0.05) is 89.9 Å². The molecule has 0 amide bonds. The summed E-state index contributed by atoms with van der Waals surface area (Å²) in [5, 5.41) is 6.79. The zero-order valence-electron chi connectivity index (χ0n) is 62.1. The van der Waals surface area contributed by atoms with Gasteiger partial charge in [0.2, 0.25) is 0 Å². The molecule has 0 saturated heterocycles. The van der Waals surface area contributed by atoms with Crippen LogP contribution in [-0.4, -0.2) is 34.9 Å². The van der Waals surface area contributed by atoms with Gasteiger partial charge in [-0.2, -0.15) is 0 Å². The lowest BCUT2D eigenvalue weighted by Crippen LogP contribution is -1.92. The molecule has 21 aromatic rings. The zero-order valence-corrected chi connectivity index (χ0v) is 62.1. The molecule has 534 valence electrons. The quantitative estimate of drug-likeness (QED) is 0.120. The van der Waals surface area contributed by atoms with Crippen LogP contribution in [0.1, 0.15) is 0 Å². The molecule has 21 rings (SSSR count). The summed E-state index contributed by atoms with van der Waals surface area (Å²) in [6.45, 7) is 0. The van der Waals surface area contributed by atoms with Crippen LogP contribution in [0.15, 0.2) is 431 Å². The van der Waals surface area contributed by atoms with Crippen molar-refractivity contribution in [3.8, 4) is 134 Å². The zero-order chi connectivity index (χ0) is 75.9. The van der Waals surface area contributed by atoms with E-state index >= 15 is 0 Å². The fourth-order valence-corrected chi connectivity index (χ4v) is 15.2. The van der Waals surface area contributed by atoms with E-state index in [1.165, 1.54) is 44.5 Å². The van der Waals surface area contributed by atoms with E-state index in [-0.39, 0.29) is 0 Å². The molecule has 7 aromatic heterocycles. The maximum atomic E-state index is 5.07. The molecule has 0 N–H and O–H groups in total. The number of nitrogens with zero attached hydrogens (tertiary/aromatic N) is 7. The highest BCUT2D eigenvalue weighted by Gasteiger charge is 2.18. The van der Waals surface area contributed by atoms with E-state index in [2.05, 4.69) is 339 Å². The highest BCUT2D eigenvalue weighted by molar-refractivity contribution is 6.03. The van der Waals surface area contributed by atoms with Gasteiger partial charge in [0.15, 0.2) is 0 Å². The highest BCUT2D eigenvalue weighted by Crippen LogP contribution is 2.41. The summed E-state index contributed by atoms with van der Waals surface area (Å²) < 4.78 is 0. The van der Waals surface area contributed by atoms with Crippen molar-refractivity contribution < 1.29 is 0 Å². The molecule has 0 aliphatic heterocycles. The summed E-state index contributed by atoms with van der Waals surface area (Å²) in [4.78, 5) is 34.2. The molecular weight excluding hydrogens is 1380 g/mol. The van der Waals surface area contributed by atoms with Crippen LogP contribution in [0, 0.1) is 0 Å². The van der Waals surface area contributed by atoms with Crippen molar-refractivity contribution in [1.29, 1.82) is 0 Å². The van der Waals surface area contributed by atoms with Gasteiger partial charge in [-0.3, -0.25) is 15.0 Å². The Morgan fingerprint density at radius 2 is 0.447 bits per heavy atom. The van der Waals surface area contributed by atoms with Gasteiger partial charge in [-0.25, -0.2) is 19.9 Å². The molecule has 0 fully saturated rings. The first-order valence-corrected chi connectivity index (χ1v) is 38.4. The molecular formula is C107H71N7. The molecule has 7 heterocycles. The SMILES string of the molecule is c1ccc(-c2ccc3nc(-c4ccccc4)cc(-c4ccc(-c5ccc6ccccc6n5)cc4)c3c2)cc1.c1ccc(-c2ccc3nc(-c4ccccc4)cc(-c4ccc(-c5cnc6ccccc6c5)nc4)c3c2)cc1.c1ccc(-c2ccc3nc(-c4ccccc4)cc(-c4cccc(-c5cnc6ccccc6c5)c4)c3c2)cc1. The highest BCUT2D eigenvalue weighted by atomic mass is 14.7. The Kier molecular flexibility index (Phi) is 19.0. The number of para-hydroxylation sites is 3. The van der Waals surface area contributed by atoms with Gasteiger partial charge in [-0.15, -0.1) is 0 Å². The van der Waals surface area contributed by atoms with Crippen LogP contribution in [0.2, 0.25) is 0 Å². The van der Waals surface area contributed by atoms with E-state index in [9.17, 15) is 0 Å². The maximum absolute atomic E-state index is 5.07. The normalized spacial score (nSPS) is 11.2. The molecule has 14 aromatic carbocycles. The van der Waals surface area contributed by atoms with Crippen molar-refractivity contribution in [2.45, 2.75) is 0 Å². The molecule has 0 saturated carbocycles. The molecule has 0 spiro atoms. The van der Waals surface area contributed by atoms with Crippen LogP contribution in [0.3, 0.4) is 0 Å². The molecule has 0 radical (unpaired) electrons. The Balaban J connectivity index is 0.000000115. The van der Waals surface area contributed by atoms with E-state index < -0.39 is 0 Å².